The van der Waals surface area contributed by atoms with Gasteiger partial charge in [0.2, 0.25) is 0 Å². The van der Waals surface area contributed by atoms with Gasteiger partial charge in [-0.1, -0.05) is 0 Å². The van der Waals surface area contributed by atoms with E-state index in [2.05, 4.69) is 0 Å². The molecule has 22 valence electrons. The summed E-state index contributed by atoms with van der Waals surface area (Å²) in [7, 11) is 0. The van der Waals surface area contributed by atoms with Crippen LogP contribution >= 0.6 is 0 Å². The Balaban J connectivity index is -0.0000000200. The molecule has 0 atom stereocenters. The van der Waals surface area contributed by atoms with Crippen molar-refractivity contribution < 1.29 is 9.90 Å². The molecule has 0 spiro atoms. The van der Waals surface area contributed by atoms with Gasteiger partial charge in [0.1, 0.15) is 0 Å². The molecule has 0 aliphatic heterocycles. The Bertz CT molecular complexity index is 17.1. The summed E-state index contributed by atoms with van der Waals surface area (Å²) >= 11 is 0. The van der Waals surface area contributed by atoms with Crippen molar-refractivity contribution in [2.24, 2.45) is 0 Å². The van der Waals surface area contributed by atoms with Crippen molar-refractivity contribution in [1.82, 2.24) is 0 Å². The normalized spacial score (nSPS) is 2.40. The predicted molar refractivity (Wildman–Crippen MR) is 23.0 cm³/mol. The summed E-state index contributed by atoms with van der Waals surface area (Å²) in [5, 5.41) is 6.89. The van der Waals surface area contributed by atoms with Crippen LogP contribution in [0, 0.1) is 0 Å². The van der Waals surface area contributed by atoms with Gasteiger partial charge in [-0.15, -0.1) is 0 Å². The van der Waals surface area contributed by atoms with Crippen molar-refractivity contribution in [1.29, 1.82) is 0 Å². The standard InChI is InChI=1S/CH2O2.Li.Na.2H/c2-1-3;;;;/h1H,(H,2,3);;;;. The molecule has 0 amide bonds. The molecule has 1 N–H and O–H groups in total. The maximum absolute atomic E-state index is 8.36. The summed E-state index contributed by atoms with van der Waals surface area (Å²) in [6.45, 7) is -0.250. The van der Waals surface area contributed by atoms with Gasteiger partial charge in [-0.2, -0.15) is 0 Å². The molecule has 0 aromatic carbocycles. The molecule has 0 saturated heterocycles. The fourth-order valence-electron chi connectivity index (χ4n) is 0. The molecule has 0 unspecified atom stereocenters. The Labute approximate surface area is 64.4 Å². The zero-order chi connectivity index (χ0) is 2.71. The first kappa shape index (κ1) is 16.6. The number of hydrogen-bond acceptors (Lipinski definition) is 1. The summed E-state index contributed by atoms with van der Waals surface area (Å²) in [6, 6.07) is 0. The first-order chi connectivity index (χ1) is 1.41. The second kappa shape index (κ2) is 19.6. The third-order valence-corrected chi connectivity index (χ3v) is 0. The predicted octanol–water partition coefficient (Wildman–Crippen LogP) is -1.60. The van der Waals surface area contributed by atoms with Crippen LogP contribution < -0.4 is 0 Å². The van der Waals surface area contributed by atoms with Crippen molar-refractivity contribution in [2.75, 3.05) is 0 Å². The monoisotopic (exact) mass is 78.0 g/mol. The van der Waals surface area contributed by atoms with Crippen molar-refractivity contribution in [3.63, 3.8) is 0 Å². The van der Waals surface area contributed by atoms with Gasteiger partial charge in [0.05, 0.1) is 0 Å². The molecule has 0 saturated carbocycles. The van der Waals surface area contributed by atoms with Crippen LogP contribution in [0.25, 0.3) is 0 Å². The molecule has 0 aliphatic rings. The molecule has 0 rings (SSSR count). The van der Waals surface area contributed by atoms with Crippen molar-refractivity contribution in [3.8, 4) is 0 Å². The molecule has 0 fully saturated rings. The van der Waals surface area contributed by atoms with E-state index in [0.29, 0.717) is 0 Å². The third-order valence-electron chi connectivity index (χ3n) is 0. The van der Waals surface area contributed by atoms with E-state index in [0.717, 1.165) is 0 Å². The summed E-state index contributed by atoms with van der Waals surface area (Å²) in [6.07, 6.45) is 0. The minimum absolute atomic E-state index is 0. The average molecular weight is 78.0 g/mol. The Morgan fingerprint density at radius 2 is 1.60 bits per heavy atom. The molecule has 0 radical (unpaired) electrons. The number of hydrogen-bond donors (Lipinski definition) is 1. The maximum atomic E-state index is 8.36. The van der Waals surface area contributed by atoms with E-state index in [-0.39, 0.29) is 54.9 Å². The van der Waals surface area contributed by atoms with Crippen LogP contribution in [0.1, 0.15) is 0 Å². The zero-order valence-corrected chi connectivity index (χ0v) is 1.43. The first-order valence-corrected chi connectivity index (χ1v) is 0.494. The van der Waals surface area contributed by atoms with Crippen LogP contribution in [0.4, 0.5) is 0 Å². The van der Waals surface area contributed by atoms with Gasteiger partial charge < -0.3 is 5.11 Å². The van der Waals surface area contributed by atoms with E-state index in [1.54, 1.807) is 0 Å². The van der Waals surface area contributed by atoms with Crippen LogP contribution in [0.3, 0.4) is 0 Å². The van der Waals surface area contributed by atoms with Gasteiger partial charge in [-0.3, -0.25) is 4.79 Å². The molecular weight excluding hydrogens is 73.9 g/mol. The van der Waals surface area contributed by atoms with E-state index in [4.69, 9.17) is 9.90 Å². The molecule has 2 nitrogen and oxygen atoms in total. The van der Waals surface area contributed by atoms with Crippen LogP contribution in [0.5, 0.6) is 0 Å². The van der Waals surface area contributed by atoms with Crippen molar-refractivity contribution in [3.05, 3.63) is 0 Å². The number of carbonyl (C=O) groups is 1. The molecule has 0 aromatic rings. The van der Waals surface area contributed by atoms with E-state index >= 15 is 0 Å². The summed E-state index contributed by atoms with van der Waals surface area (Å²) < 4.78 is 0. The number of carboxylic acid groups (broad SMARTS) is 1. The van der Waals surface area contributed by atoms with Gasteiger partial charge in [0.25, 0.3) is 6.47 Å². The summed E-state index contributed by atoms with van der Waals surface area (Å²) in [5.74, 6) is 0. The van der Waals surface area contributed by atoms with Crippen LogP contribution in [0.2, 0.25) is 0 Å². The fourth-order valence-corrected chi connectivity index (χ4v) is 0. The van der Waals surface area contributed by atoms with E-state index in [1.807, 2.05) is 0 Å². The second-order valence-electron chi connectivity index (χ2n) is 0.105. The molecule has 0 bridgehead atoms. The molecule has 0 aliphatic carbocycles. The zero-order valence-electron chi connectivity index (χ0n) is 1.43. The second-order valence-corrected chi connectivity index (χ2v) is 0.105. The van der Waals surface area contributed by atoms with Gasteiger partial charge in [-0.05, 0) is 0 Å². The third kappa shape index (κ3) is 41.8. The van der Waals surface area contributed by atoms with E-state index in [1.165, 1.54) is 0 Å². The molecule has 0 aromatic heterocycles. The quantitative estimate of drug-likeness (QED) is 0.280. The molecular formula is CH4LiNaO2. The van der Waals surface area contributed by atoms with E-state index < -0.39 is 0 Å². The fraction of sp³-hybridized carbons (Fsp3) is 0. The number of rotatable bonds is 0. The van der Waals surface area contributed by atoms with Gasteiger partial charge in [0, 0.05) is 0 Å². The molecule has 5 heavy (non-hydrogen) atoms. The van der Waals surface area contributed by atoms with E-state index in [9.17, 15) is 0 Å². The van der Waals surface area contributed by atoms with Gasteiger partial charge in [-0.25, -0.2) is 0 Å². The Kier molecular flexibility index (Phi) is 65.0. The van der Waals surface area contributed by atoms with Gasteiger partial charge in [0.15, 0.2) is 0 Å². The first-order valence-electron chi connectivity index (χ1n) is 0.494. The average Bonchev–Trinajstić information content (AvgIpc) is 0.918. The van der Waals surface area contributed by atoms with Crippen LogP contribution in [-0.4, -0.2) is 60.0 Å². The minimum atomic E-state index is -0.250. The van der Waals surface area contributed by atoms with Gasteiger partial charge >= 0.3 is 48.4 Å². The molecule has 0 heterocycles. The summed E-state index contributed by atoms with van der Waals surface area (Å²) in [4.78, 5) is 8.36. The van der Waals surface area contributed by atoms with Crippen molar-refractivity contribution in [2.45, 2.75) is 0 Å². The topological polar surface area (TPSA) is 37.3 Å². The Hall–Kier alpha value is 1.07. The van der Waals surface area contributed by atoms with Crippen molar-refractivity contribution >= 4 is 54.9 Å². The Morgan fingerprint density at radius 1 is 1.60 bits per heavy atom. The van der Waals surface area contributed by atoms with Crippen LogP contribution in [-0.2, 0) is 4.79 Å². The van der Waals surface area contributed by atoms with Crippen LogP contribution in [0.15, 0.2) is 0 Å². The summed E-state index contributed by atoms with van der Waals surface area (Å²) in [5.41, 5.74) is 0. The SMILES string of the molecule is O=CO.[LiH].[NaH]. The Morgan fingerprint density at radius 3 is 1.60 bits per heavy atom. The molecule has 4 heteroatoms.